The molecule has 0 aliphatic heterocycles. The molecule has 0 bridgehead atoms. The van der Waals surface area contributed by atoms with Gasteiger partial charge in [-0.2, -0.15) is 5.26 Å². The Balaban J connectivity index is 2.06. The van der Waals surface area contributed by atoms with Crippen LogP contribution in [0.25, 0.3) is 0 Å². The molecule has 0 fully saturated rings. The fourth-order valence-electron chi connectivity index (χ4n) is 3.43. The lowest BCUT2D eigenvalue weighted by atomic mass is 9.86. The maximum atomic E-state index is 13.1. The average Bonchev–Trinajstić information content (AvgIpc) is 2.85. The van der Waals surface area contributed by atoms with Crippen molar-refractivity contribution in [2.24, 2.45) is 0 Å². The molecule has 1 amide bonds. The van der Waals surface area contributed by atoms with Gasteiger partial charge in [0.1, 0.15) is 0 Å². The number of allylic oxidation sites excluding steroid dienone is 1. The van der Waals surface area contributed by atoms with Gasteiger partial charge in [-0.15, -0.1) is 11.8 Å². The van der Waals surface area contributed by atoms with E-state index < -0.39 is 5.92 Å². The number of hydrogen-bond donors (Lipinski definition) is 1. The topological polar surface area (TPSA) is 70.0 Å². The van der Waals surface area contributed by atoms with Crippen molar-refractivity contribution >= 4 is 35.1 Å². The number of benzene rings is 3. The van der Waals surface area contributed by atoms with Crippen LogP contribution in [0.3, 0.4) is 0 Å². The second-order valence-electron chi connectivity index (χ2n) is 7.18. The Bertz CT molecular complexity index is 1190. The Morgan fingerprint density at radius 3 is 2.09 bits per heavy atom. The van der Waals surface area contributed by atoms with Gasteiger partial charge in [0.2, 0.25) is 0 Å². The smallest absolute Gasteiger partial charge is 0.256 e. The number of ketones is 1. The number of carbonyl (C=O) groups is 2. The van der Waals surface area contributed by atoms with Gasteiger partial charge < -0.3 is 5.32 Å². The number of nitrogens with zero attached hydrogens (tertiary/aromatic N) is 1. The van der Waals surface area contributed by atoms with Gasteiger partial charge in [0.25, 0.3) is 5.91 Å². The van der Waals surface area contributed by atoms with E-state index in [-0.39, 0.29) is 18.1 Å². The van der Waals surface area contributed by atoms with E-state index in [4.69, 9.17) is 11.6 Å². The van der Waals surface area contributed by atoms with Crippen molar-refractivity contribution < 1.29 is 9.59 Å². The van der Waals surface area contributed by atoms with Crippen molar-refractivity contribution in [3.05, 3.63) is 117 Å². The van der Waals surface area contributed by atoms with Crippen LogP contribution >= 0.6 is 23.4 Å². The summed E-state index contributed by atoms with van der Waals surface area (Å²) >= 11 is 7.85. The summed E-state index contributed by atoms with van der Waals surface area (Å²) in [5.41, 5.74) is 2.02. The van der Waals surface area contributed by atoms with Gasteiger partial charge in [0.05, 0.1) is 16.7 Å². The third-order valence-electron chi connectivity index (χ3n) is 5.03. The molecule has 0 aliphatic rings. The molecule has 1 atom stereocenters. The zero-order valence-corrected chi connectivity index (χ0v) is 19.7. The second kappa shape index (κ2) is 12.1. The lowest BCUT2D eigenvalue weighted by molar-refractivity contribution is 0.0966. The van der Waals surface area contributed by atoms with Crippen molar-refractivity contribution in [2.75, 3.05) is 5.75 Å². The predicted octanol–water partition coefficient (Wildman–Crippen LogP) is 6.61. The molecule has 6 heteroatoms. The number of carbonyl (C=O) groups excluding carboxylic acids is 2. The zero-order chi connectivity index (χ0) is 23.6. The Kier molecular flexibility index (Phi) is 8.88. The van der Waals surface area contributed by atoms with Gasteiger partial charge in [-0.3, -0.25) is 9.59 Å². The third kappa shape index (κ3) is 6.35. The van der Waals surface area contributed by atoms with Gasteiger partial charge in [0.15, 0.2) is 5.78 Å². The Labute approximate surface area is 203 Å². The molecule has 0 aromatic heterocycles. The summed E-state index contributed by atoms with van der Waals surface area (Å²) in [5, 5.41) is 14.0. The lowest BCUT2D eigenvalue weighted by Crippen LogP contribution is -2.24. The van der Waals surface area contributed by atoms with Gasteiger partial charge in [0, 0.05) is 28.5 Å². The molecule has 0 saturated carbocycles. The molecule has 0 aliphatic carbocycles. The Morgan fingerprint density at radius 2 is 1.52 bits per heavy atom. The molecular formula is C27H23ClN2O2S. The first-order chi connectivity index (χ1) is 16.0. The summed E-state index contributed by atoms with van der Waals surface area (Å²) in [6.45, 7) is 1.94. The number of halogens is 1. The van der Waals surface area contributed by atoms with Crippen molar-refractivity contribution in [2.45, 2.75) is 19.3 Å². The van der Waals surface area contributed by atoms with Crippen LogP contribution in [0, 0.1) is 11.3 Å². The van der Waals surface area contributed by atoms with Crippen LogP contribution in [0.1, 0.15) is 45.5 Å². The fraction of sp³-hybridized carbons (Fsp3) is 0.148. The van der Waals surface area contributed by atoms with Crippen LogP contribution in [0.5, 0.6) is 0 Å². The monoisotopic (exact) mass is 474 g/mol. The molecule has 33 heavy (non-hydrogen) atoms. The molecule has 3 aromatic rings. The lowest BCUT2D eigenvalue weighted by Gasteiger charge is -2.21. The highest BCUT2D eigenvalue weighted by atomic mass is 35.5. The van der Waals surface area contributed by atoms with E-state index in [1.54, 1.807) is 60.7 Å². The molecule has 4 nitrogen and oxygen atoms in total. The Hall–Kier alpha value is -3.33. The van der Waals surface area contributed by atoms with Crippen LogP contribution < -0.4 is 5.32 Å². The summed E-state index contributed by atoms with van der Waals surface area (Å²) < 4.78 is 0. The molecule has 0 heterocycles. The van der Waals surface area contributed by atoms with E-state index in [9.17, 15) is 14.9 Å². The number of Topliss-reactive ketones (excluding diaryl/α,β-unsaturated/α-hetero) is 1. The minimum Gasteiger partial charge on any atom is -0.316 e. The van der Waals surface area contributed by atoms with Crippen molar-refractivity contribution in [3.63, 3.8) is 0 Å². The molecule has 0 saturated heterocycles. The van der Waals surface area contributed by atoms with Gasteiger partial charge in [-0.25, -0.2) is 0 Å². The van der Waals surface area contributed by atoms with Gasteiger partial charge in [-0.05, 0) is 29.5 Å². The van der Waals surface area contributed by atoms with Crippen LogP contribution in [0.4, 0.5) is 0 Å². The molecule has 1 unspecified atom stereocenters. The molecule has 3 aromatic carbocycles. The molecule has 0 spiro atoms. The largest absolute Gasteiger partial charge is 0.316 e. The zero-order valence-electron chi connectivity index (χ0n) is 18.1. The molecule has 166 valence electrons. The van der Waals surface area contributed by atoms with Crippen molar-refractivity contribution in [3.8, 4) is 6.07 Å². The highest BCUT2D eigenvalue weighted by Crippen LogP contribution is 2.37. The Morgan fingerprint density at radius 1 is 0.939 bits per heavy atom. The number of hydrogen-bond acceptors (Lipinski definition) is 4. The van der Waals surface area contributed by atoms with E-state index in [0.29, 0.717) is 38.1 Å². The molecule has 1 N–H and O–H groups in total. The van der Waals surface area contributed by atoms with Gasteiger partial charge >= 0.3 is 0 Å². The number of nitriles is 1. The first-order valence-corrected chi connectivity index (χ1v) is 11.9. The number of rotatable bonds is 9. The molecule has 3 rings (SSSR count). The van der Waals surface area contributed by atoms with E-state index in [0.717, 1.165) is 0 Å². The van der Waals surface area contributed by atoms with Crippen LogP contribution in [0.2, 0.25) is 5.02 Å². The summed E-state index contributed by atoms with van der Waals surface area (Å²) in [5.74, 6) is -0.395. The van der Waals surface area contributed by atoms with Crippen LogP contribution in [-0.2, 0) is 0 Å². The third-order valence-corrected chi connectivity index (χ3v) is 6.27. The fourth-order valence-corrected chi connectivity index (χ4v) is 4.49. The minimum atomic E-state index is -0.610. The summed E-state index contributed by atoms with van der Waals surface area (Å²) in [6, 6.07) is 27.2. The summed E-state index contributed by atoms with van der Waals surface area (Å²) in [7, 11) is 0. The highest BCUT2D eigenvalue weighted by molar-refractivity contribution is 8.03. The van der Waals surface area contributed by atoms with Crippen LogP contribution in [0.15, 0.2) is 95.5 Å². The van der Waals surface area contributed by atoms with E-state index in [1.807, 2.05) is 31.2 Å². The average molecular weight is 475 g/mol. The van der Waals surface area contributed by atoms with E-state index >= 15 is 0 Å². The first-order valence-electron chi connectivity index (χ1n) is 10.5. The minimum absolute atomic E-state index is 0.0472. The van der Waals surface area contributed by atoms with Crippen molar-refractivity contribution in [1.82, 2.24) is 5.32 Å². The SMILES string of the molecule is CCSC(NC(=O)c1ccccc1)=C(C#N)C(CC(=O)c1ccccc1)c1ccccc1Cl. The first kappa shape index (κ1) is 24.3. The summed E-state index contributed by atoms with van der Waals surface area (Å²) in [4.78, 5) is 26.0. The van der Waals surface area contributed by atoms with Gasteiger partial charge in [-0.1, -0.05) is 85.3 Å². The molecular weight excluding hydrogens is 452 g/mol. The van der Waals surface area contributed by atoms with E-state index in [1.165, 1.54) is 11.8 Å². The maximum absolute atomic E-state index is 13.1. The predicted molar refractivity (Wildman–Crippen MR) is 134 cm³/mol. The van der Waals surface area contributed by atoms with Crippen molar-refractivity contribution in [1.29, 1.82) is 5.26 Å². The highest BCUT2D eigenvalue weighted by Gasteiger charge is 2.27. The standard InChI is InChI=1S/C27H23ClN2O2S/c1-2-33-27(30-26(32)20-13-7-4-8-14-20)23(18-29)22(21-15-9-10-16-24(21)28)17-25(31)19-11-5-3-6-12-19/h3-16,22H,2,17H2,1H3,(H,30,32). The number of thioether (sulfide) groups is 1. The maximum Gasteiger partial charge on any atom is 0.256 e. The normalized spacial score (nSPS) is 12.3. The summed E-state index contributed by atoms with van der Waals surface area (Å²) in [6.07, 6.45) is 0.0472. The van der Waals surface area contributed by atoms with Crippen LogP contribution in [-0.4, -0.2) is 17.4 Å². The molecule has 0 radical (unpaired) electrons. The quantitative estimate of drug-likeness (QED) is 0.279. The number of amides is 1. The van der Waals surface area contributed by atoms with E-state index in [2.05, 4.69) is 11.4 Å². The second-order valence-corrected chi connectivity index (χ2v) is 8.86. The number of nitrogens with one attached hydrogen (secondary N) is 1.